The van der Waals surface area contributed by atoms with Crippen LogP contribution < -0.4 is 0 Å². The number of rotatable bonds is 1. The van der Waals surface area contributed by atoms with Crippen molar-refractivity contribution in [2.75, 3.05) is 0 Å². The first kappa shape index (κ1) is 11.2. The number of benzene rings is 1. The molecule has 0 amide bonds. The van der Waals surface area contributed by atoms with E-state index < -0.39 is 0 Å². The molecular formula is C13H13ClN4O. The van der Waals surface area contributed by atoms with E-state index in [9.17, 15) is 5.21 Å². The summed E-state index contributed by atoms with van der Waals surface area (Å²) in [7, 11) is 0. The van der Waals surface area contributed by atoms with Crippen LogP contribution in [0.5, 0.6) is 0 Å². The molecule has 1 N–H and O–H groups in total. The fraction of sp³-hybridized carbons (Fsp3) is 0.462. The van der Waals surface area contributed by atoms with Crippen molar-refractivity contribution in [1.29, 1.82) is 0 Å². The Labute approximate surface area is 114 Å². The highest BCUT2D eigenvalue weighted by Crippen LogP contribution is 2.49. The largest absolute Gasteiger partial charge is 0.411 e. The molecule has 98 valence electrons. The number of hydrogen-bond donors (Lipinski definition) is 1. The molecule has 0 aliphatic heterocycles. The number of hydrogen-bond acceptors (Lipinski definition) is 4. The van der Waals surface area contributed by atoms with Crippen molar-refractivity contribution >= 4 is 28.3 Å². The van der Waals surface area contributed by atoms with Crippen molar-refractivity contribution in [2.45, 2.75) is 25.3 Å². The van der Waals surface area contributed by atoms with Gasteiger partial charge in [0.1, 0.15) is 5.52 Å². The van der Waals surface area contributed by atoms with Crippen molar-refractivity contribution in [1.82, 2.24) is 15.0 Å². The Kier molecular flexibility index (Phi) is 2.33. The molecular weight excluding hydrogens is 264 g/mol. The molecule has 2 aliphatic rings. The second-order valence-corrected chi connectivity index (χ2v) is 5.84. The number of nitrogens with zero attached hydrogens (tertiary/aromatic N) is 4. The van der Waals surface area contributed by atoms with Gasteiger partial charge in [0, 0.05) is 10.9 Å². The van der Waals surface area contributed by atoms with Crippen LogP contribution in [0.15, 0.2) is 23.4 Å². The highest BCUT2D eigenvalue weighted by atomic mass is 35.5. The zero-order chi connectivity index (χ0) is 13.0. The molecule has 0 saturated heterocycles. The van der Waals surface area contributed by atoms with Crippen LogP contribution in [0.2, 0.25) is 5.02 Å². The molecule has 2 fully saturated rings. The zero-order valence-corrected chi connectivity index (χ0v) is 11.0. The van der Waals surface area contributed by atoms with E-state index >= 15 is 0 Å². The van der Waals surface area contributed by atoms with Gasteiger partial charge in [0.25, 0.3) is 0 Å². The monoisotopic (exact) mass is 276 g/mol. The summed E-state index contributed by atoms with van der Waals surface area (Å²) in [5.41, 5.74) is 2.59. The molecule has 5 nitrogen and oxygen atoms in total. The van der Waals surface area contributed by atoms with E-state index in [1.807, 2.05) is 22.9 Å². The second kappa shape index (κ2) is 3.93. The van der Waals surface area contributed by atoms with Crippen molar-refractivity contribution in [2.24, 2.45) is 17.0 Å². The van der Waals surface area contributed by atoms with E-state index in [4.69, 9.17) is 11.6 Å². The minimum atomic E-state index is 0.0509. The minimum absolute atomic E-state index is 0.0509. The molecule has 2 bridgehead atoms. The summed E-state index contributed by atoms with van der Waals surface area (Å²) >= 11 is 5.97. The maximum absolute atomic E-state index is 9.28. The van der Waals surface area contributed by atoms with Crippen molar-refractivity contribution in [3.63, 3.8) is 0 Å². The Morgan fingerprint density at radius 1 is 1.37 bits per heavy atom. The highest BCUT2D eigenvalue weighted by molar-refractivity contribution is 6.31. The van der Waals surface area contributed by atoms with E-state index in [0.717, 1.165) is 29.6 Å². The first-order valence-corrected chi connectivity index (χ1v) is 6.88. The average molecular weight is 277 g/mol. The van der Waals surface area contributed by atoms with Crippen molar-refractivity contribution < 1.29 is 5.21 Å². The van der Waals surface area contributed by atoms with Crippen LogP contribution in [0, 0.1) is 11.8 Å². The predicted molar refractivity (Wildman–Crippen MR) is 71.6 cm³/mol. The van der Waals surface area contributed by atoms with Gasteiger partial charge in [0.2, 0.25) is 0 Å². The van der Waals surface area contributed by atoms with Gasteiger partial charge in [0.05, 0.1) is 17.3 Å². The molecule has 4 rings (SSSR count). The molecule has 0 unspecified atom stereocenters. The van der Waals surface area contributed by atoms with Crippen LogP contribution >= 0.6 is 11.6 Å². The van der Waals surface area contributed by atoms with Crippen molar-refractivity contribution in [3.8, 4) is 0 Å². The SMILES string of the molecule is O/N=C1\[C@H]2CC[C@@H](C2)[C@H]1n1nnc2cc(Cl)ccc21. The summed E-state index contributed by atoms with van der Waals surface area (Å²) in [5.74, 6) is 0.919. The number of halogens is 1. The summed E-state index contributed by atoms with van der Waals surface area (Å²) in [4.78, 5) is 0. The fourth-order valence-electron chi connectivity index (χ4n) is 3.64. The number of aromatic nitrogens is 3. The number of oxime groups is 1. The van der Waals surface area contributed by atoms with Gasteiger partial charge in [-0.1, -0.05) is 22.0 Å². The number of fused-ring (bicyclic) bond motifs is 3. The topological polar surface area (TPSA) is 63.3 Å². The van der Waals surface area contributed by atoms with E-state index in [-0.39, 0.29) is 6.04 Å². The Balaban J connectivity index is 1.86. The standard InChI is InChI=1S/C13H13ClN4O/c14-9-3-4-11-10(6-9)15-17-18(11)13-8-2-1-7(5-8)12(13)16-19/h3-4,6-8,13,19H,1-2,5H2/b16-12+/t7-,8-,13+/m0/s1. The van der Waals surface area contributed by atoms with Gasteiger partial charge in [-0.15, -0.1) is 5.10 Å². The zero-order valence-electron chi connectivity index (χ0n) is 10.2. The summed E-state index contributed by atoms with van der Waals surface area (Å²) < 4.78 is 1.89. The Morgan fingerprint density at radius 2 is 2.26 bits per heavy atom. The summed E-state index contributed by atoms with van der Waals surface area (Å²) in [6.07, 6.45) is 3.39. The summed E-state index contributed by atoms with van der Waals surface area (Å²) in [5, 5.41) is 21.9. The summed E-state index contributed by atoms with van der Waals surface area (Å²) in [6, 6.07) is 5.63. The lowest BCUT2D eigenvalue weighted by molar-refractivity contribution is 0.305. The fourth-order valence-corrected chi connectivity index (χ4v) is 3.81. The molecule has 2 aromatic rings. The first-order chi connectivity index (χ1) is 9.28. The molecule has 0 radical (unpaired) electrons. The third kappa shape index (κ3) is 1.51. The van der Waals surface area contributed by atoms with Gasteiger partial charge >= 0.3 is 0 Å². The summed E-state index contributed by atoms with van der Waals surface area (Å²) in [6.45, 7) is 0. The molecule has 0 spiro atoms. The molecule has 1 aromatic heterocycles. The van der Waals surface area contributed by atoms with Gasteiger partial charge < -0.3 is 5.21 Å². The van der Waals surface area contributed by atoms with Crippen LogP contribution in [0.25, 0.3) is 11.0 Å². The maximum Gasteiger partial charge on any atom is 0.114 e. The van der Waals surface area contributed by atoms with Gasteiger partial charge in [-0.3, -0.25) is 0 Å². The Morgan fingerprint density at radius 3 is 3.11 bits per heavy atom. The molecule has 2 aliphatic carbocycles. The molecule has 3 atom stereocenters. The smallest absolute Gasteiger partial charge is 0.114 e. The normalized spacial score (nSPS) is 31.6. The lowest BCUT2D eigenvalue weighted by Gasteiger charge is -2.23. The van der Waals surface area contributed by atoms with Crippen molar-refractivity contribution in [3.05, 3.63) is 23.2 Å². The van der Waals surface area contributed by atoms with Crippen LogP contribution in [0.1, 0.15) is 25.3 Å². The third-order valence-corrected chi connectivity index (χ3v) is 4.69. The first-order valence-electron chi connectivity index (χ1n) is 6.50. The van der Waals surface area contributed by atoms with Crippen LogP contribution in [0.3, 0.4) is 0 Å². The van der Waals surface area contributed by atoms with Crippen LogP contribution in [-0.2, 0) is 0 Å². The minimum Gasteiger partial charge on any atom is -0.411 e. The van der Waals surface area contributed by atoms with Gasteiger partial charge in [-0.2, -0.15) is 0 Å². The quantitative estimate of drug-likeness (QED) is 0.643. The molecule has 1 heterocycles. The average Bonchev–Trinajstić information content (AvgIpc) is 3.10. The van der Waals surface area contributed by atoms with E-state index in [0.29, 0.717) is 16.9 Å². The second-order valence-electron chi connectivity index (χ2n) is 5.41. The lowest BCUT2D eigenvalue weighted by Crippen LogP contribution is -2.26. The third-order valence-electron chi connectivity index (χ3n) is 4.45. The Hall–Kier alpha value is -1.62. The molecule has 1 aromatic carbocycles. The maximum atomic E-state index is 9.28. The van der Waals surface area contributed by atoms with Gasteiger partial charge in [-0.25, -0.2) is 4.68 Å². The van der Waals surface area contributed by atoms with Crippen LogP contribution in [0.4, 0.5) is 0 Å². The van der Waals surface area contributed by atoms with Gasteiger partial charge in [0.15, 0.2) is 0 Å². The van der Waals surface area contributed by atoms with Gasteiger partial charge in [-0.05, 0) is 43.4 Å². The lowest BCUT2D eigenvalue weighted by atomic mass is 9.93. The van der Waals surface area contributed by atoms with E-state index in [1.165, 1.54) is 6.42 Å². The molecule has 6 heteroatoms. The van der Waals surface area contributed by atoms with E-state index in [2.05, 4.69) is 15.5 Å². The van der Waals surface area contributed by atoms with E-state index in [1.54, 1.807) is 0 Å². The van der Waals surface area contributed by atoms with Crippen LogP contribution in [-0.4, -0.2) is 25.9 Å². The highest BCUT2D eigenvalue weighted by Gasteiger charge is 2.47. The Bertz CT molecular complexity index is 680. The molecule has 2 saturated carbocycles. The molecule has 19 heavy (non-hydrogen) atoms. The predicted octanol–water partition coefficient (Wildman–Crippen LogP) is 2.89.